The van der Waals surface area contributed by atoms with E-state index in [0.717, 1.165) is 5.56 Å². The lowest BCUT2D eigenvalue weighted by molar-refractivity contribution is 0.0332. The minimum atomic E-state index is -0.528. The molecule has 4 heterocycles. The zero-order valence-corrected chi connectivity index (χ0v) is 17.7. The zero-order chi connectivity index (χ0) is 22.8. The number of anilines is 1. The molecule has 1 aromatic carbocycles. The molecule has 0 bridgehead atoms. The van der Waals surface area contributed by atoms with E-state index in [1.165, 1.54) is 4.68 Å². The van der Waals surface area contributed by atoms with Gasteiger partial charge in [0.05, 0.1) is 24.6 Å². The molecule has 0 radical (unpaired) electrons. The van der Waals surface area contributed by atoms with Crippen molar-refractivity contribution in [1.82, 2.24) is 35.6 Å². The van der Waals surface area contributed by atoms with Crippen LogP contribution in [0.25, 0.3) is 5.82 Å². The van der Waals surface area contributed by atoms with Crippen molar-refractivity contribution in [1.29, 1.82) is 0 Å². The van der Waals surface area contributed by atoms with Crippen LogP contribution < -0.4 is 20.6 Å². The predicted octanol–water partition coefficient (Wildman–Crippen LogP) is -0.0526. The van der Waals surface area contributed by atoms with E-state index in [0.29, 0.717) is 55.8 Å². The van der Waals surface area contributed by atoms with Crippen molar-refractivity contribution in [2.24, 2.45) is 5.10 Å². The molecule has 172 valence electrons. The number of morpholine rings is 1. The number of aromatic nitrogens is 5. The molecule has 2 aliphatic rings. The fourth-order valence-corrected chi connectivity index (χ4v) is 3.47. The first-order valence-corrected chi connectivity index (χ1v) is 10.2. The Morgan fingerprint density at radius 3 is 2.82 bits per heavy atom. The second-order valence-electron chi connectivity index (χ2n) is 7.36. The lowest BCUT2D eigenvalue weighted by Gasteiger charge is -2.26. The molecule has 0 atom stereocenters. The number of nitrogens with two attached hydrogens (primary N) is 1. The van der Waals surface area contributed by atoms with Gasteiger partial charge >= 0.3 is 0 Å². The van der Waals surface area contributed by atoms with Crippen LogP contribution in [0.1, 0.15) is 28.7 Å². The third kappa shape index (κ3) is 4.20. The number of nitrogens with one attached hydrogen (secondary N) is 1. The highest BCUT2D eigenvalue weighted by Crippen LogP contribution is 2.32. The van der Waals surface area contributed by atoms with Gasteiger partial charge in [-0.3, -0.25) is 9.69 Å². The van der Waals surface area contributed by atoms with E-state index >= 15 is 0 Å². The normalized spacial score (nSPS) is 16.2. The number of ether oxygens (including phenoxy) is 3. The van der Waals surface area contributed by atoms with Gasteiger partial charge < -0.3 is 19.9 Å². The molecule has 3 N–H and O–H groups in total. The molecule has 2 aliphatic heterocycles. The maximum absolute atomic E-state index is 13.0. The Labute approximate surface area is 187 Å². The molecule has 0 unspecified atom stereocenters. The second kappa shape index (κ2) is 8.84. The monoisotopic (exact) mass is 455 g/mol. The van der Waals surface area contributed by atoms with E-state index in [2.05, 4.69) is 40.7 Å². The number of nitrogen functional groups attached to an aromatic ring is 1. The molecule has 0 aliphatic carbocycles. The second-order valence-corrected chi connectivity index (χ2v) is 7.36. The number of hydrogen-bond acceptors (Lipinski definition) is 12. The van der Waals surface area contributed by atoms with Gasteiger partial charge in [-0.05, 0) is 35.4 Å². The number of fused-ring (bicyclic) bond motifs is 1. The Morgan fingerprint density at radius 2 is 2.03 bits per heavy atom. The highest BCUT2D eigenvalue weighted by atomic mass is 16.7. The number of hydrazone groups is 1. The van der Waals surface area contributed by atoms with E-state index in [1.807, 2.05) is 6.07 Å². The fourth-order valence-electron chi connectivity index (χ4n) is 3.47. The van der Waals surface area contributed by atoms with Gasteiger partial charge in [0, 0.05) is 25.2 Å². The quantitative estimate of drug-likeness (QED) is 0.377. The van der Waals surface area contributed by atoms with Crippen LogP contribution in [0.15, 0.2) is 27.9 Å². The smallest absolute Gasteiger partial charge is 0.293 e. The molecule has 0 spiro atoms. The number of hydrogen-bond donors (Lipinski definition) is 2. The molecule has 14 nitrogen and oxygen atoms in total. The molecular weight excluding hydrogens is 434 g/mol. The molecule has 0 saturated carbocycles. The summed E-state index contributed by atoms with van der Waals surface area (Å²) in [7, 11) is 0. The first-order valence-electron chi connectivity index (χ1n) is 10.2. The SMILES string of the molecule is CC(=NNC(=O)c1nnn(-c2nonc2N)c1CN1CCOCC1)c1ccc2c(c1)OCO2. The van der Waals surface area contributed by atoms with Crippen molar-refractivity contribution < 1.29 is 23.6 Å². The van der Waals surface area contributed by atoms with Crippen LogP contribution in [0.3, 0.4) is 0 Å². The molecule has 3 aromatic rings. The average Bonchev–Trinajstić information content (AvgIpc) is 3.57. The molecule has 5 rings (SSSR count). The van der Waals surface area contributed by atoms with Gasteiger partial charge in [0.25, 0.3) is 5.91 Å². The molecule has 14 heteroatoms. The number of benzene rings is 1. The molecule has 1 amide bonds. The minimum Gasteiger partial charge on any atom is -0.454 e. The number of nitrogens with zero attached hydrogens (tertiary/aromatic N) is 7. The van der Waals surface area contributed by atoms with E-state index in [1.54, 1.807) is 19.1 Å². The molecular formula is C19H21N9O5. The lowest BCUT2D eigenvalue weighted by atomic mass is 10.1. The minimum absolute atomic E-state index is 0.0340. The summed E-state index contributed by atoms with van der Waals surface area (Å²) < 4.78 is 22.2. The first-order chi connectivity index (χ1) is 16.1. The Bertz CT molecular complexity index is 1200. The van der Waals surface area contributed by atoms with Crippen molar-refractivity contribution in [2.75, 3.05) is 38.8 Å². The average molecular weight is 455 g/mol. The van der Waals surface area contributed by atoms with Crippen LogP contribution in [-0.4, -0.2) is 74.9 Å². The van der Waals surface area contributed by atoms with Crippen molar-refractivity contribution in [3.8, 4) is 17.3 Å². The summed E-state index contributed by atoms with van der Waals surface area (Å²) >= 11 is 0. The van der Waals surface area contributed by atoms with Gasteiger partial charge in [-0.1, -0.05) is 5.21 Å². The summed E-state index contributed by atoms with van der Waals surface area (Å²) in [6.45, 7) is 4.89. The number of carbonyl (C=O) groups is 1. The van der Waals surface area contributed by atoms with E-state index in [9.17, 15) is 4.79 Å². The Hall–Kier alpha value is -4.04. The first kappa shape index (κ1) is 20.8. The largest absolute Gasteiger partial charge is 0.454 e. The number of amides is 1. The fraction of sp³-hybridized carbons (Fsp3) is 0.368. The maximum Gasteiger partial charge on any atom is 0.293 e. The van der Waals surface area contributed by atoms with Crippen LogP contribution in [0.2, 0.25) is 0 Å². The van der Waals surface area contributed by atoms with Gasteiger partial charge in [0.2, 0.25) is 18.4 Å². The van der Waals surface area contributed by atoms with Crippen molar-refractivity contribution in [3.05, 3.63) is 35.2 Å². The van der Waals surface area contributed by atoms with Crippen molar-refractivity contribution >= 4 is 17.4 Å². The van der Waals surface area contributed by atoms with Gasteiger partial charge in [0.15, 0.2) is 17.2 Å². The van der Waals surface area contributed by atoms with Crippen LogP contribution in [0.4, 0.5) is 5.82 Å². The molecule has 33 heavy (non-hydrogen) atoms. The van der Waals surface area contributed by atoms with Gasteiger partial charge in [-0.25, -0.2) is 10.1 Å². The lowest BCUT2D eigenvalue weighted by Crippen LogP contribution is -2.37. The maximum atomic E-state index is 13.0. The third-order valence-electron chi connectivity index (χ3n) is 5.27. The Kier molecular flexibility index (Phi) is 5.58. The van der Waals surface area contributed by atoms with Gasteiger partial charge in [0.1, 0.15) is 0 Å². The van der Waals surface area contributed by atoms with E-state index in [4.69, 9.17) is 19.9 Å². The topological polar surface area (TPSA) is 168 Å². The van der Waals surface area contributed by atoms with E-state index < -0.39 is 5.91 Å². The van der Waals surface area contributed by atoms with Gasteiger partial charge in [-0.2, -0.15) is 9.78 Å². The molecule has 1 fully saturated rings. The Morgan fingerprint density at radius 1 is 1.21 bits per heavy atom. The molecule has 1 saturated heterocycles. The molecule has 2 aromatic heterocycles. The highest BCUT2D eigenvalue weighted by Gasteiger charge is 2.26. The summed E-state index contributed by atoms with van der Waals surface area (Å²) in [4.78, 5) is 15.1. The van der Waals surface area contributed by atoms with Crippen LogP contribution in [-0.2, 0) is 11.3 Å². The standard InChI is InChI=1S/C19H21N9O5/c1-11(12-2-3-14-15(8-12)32-10-31-14)21-23-19(29)16-13(9-27-4-6-30-7-5-27)28(26-22-16)18-17(20)24-33-25-18/h2-3,8H,4-7,9-10H2,1H3,(H2,20,24)(H,23,29). The van der Waals surface area contributed by atoms with Crippen molar-refractivity contribution in [2.45, 2.75) is 13.5 Å². The summed E-state index contributed by atoms with van der Waals surface area (Å²) in [6, 6.07) is 5.42. The van der Waals surface area contributed by atoms with Crippen LogP contribution in [0, 0.1) is 0 Å². The van der Waals surface area contributed by atoms with Crippen LogP contribution >= 0.6 is 0 Å². The third-order valence-corrected chi connectivity index (χ3v) is 5.27. The number of rotatable bonds is 6. The van der Waals surface area contributed by atoms with Crippen molar-refractivity contribution in [3.63, 3.8) is 0 Å². The van der Waals surface area contributed by atoms with E-state index in [-0.39, 0.29) is 24.1 Å². The summed E-state index contributed by atoms with van der Waals surface area (Å²) in [6.07, 6.45) is 0. The summed E-state index contributed by atoms with van der Waals surface area (Å²) in [5, 5.41) is 19.7. The predicted molar refractivity (Wildman–Crippen MR) is 112 cm³/mol. The van der Waals surface area contributed by atoms with Crippen LogP contribution in [0.5, 0.6) is 11.5 Å². The highest BCUT2D eigenvalue weighted by molar-refractivity contribution is 6.01. The Balaban J connectivity index is 1.39. The summed E-state index contributed by atoms with van der Waals surface area (Å²) in [5.74, 6) is 0.959. The zero-order valence-electron chi connectivity index (χ0n) is 17.7. The van der Waals surface area contributed by atoms with Gasteiger partial charge in [-0.15, -0.1) is 5.10 Å². The number of carbonyl (C=O) groups excluding carboxylic acids is 1. The summed E-state index contributed by atoms with van der Waals surface area (Å²) in [5.41, 5.74) is 10.3.